The van der Waals surface area contributed by atoms with Gasteiger partial charge < -0.3 is 10.4 Å². The molecule has 1 amide bonds. The third-order valence-corrected chi connectivity index (χ3v) is 4.74. The number of carbonyl (C=O) groups excluding carboxylic acids is 1. The van der Waals surface area contributed by atoms with E-state index in [0.717, 1.165) is 12.7 Å². The van der Waals surface area contributed by atoms with Gasteiger partial charge in [-0.2, -0.15) is 0 Å². The molecule has 1 atom stereocenters. The zero-order valence-electron chi connectivity index (χ0n) is 13.6. The molecule has 0 aliphatic heterocycles. The van der Waals surface area contributed by atoms with Crippen LogP contribution >= 0.6 is 0 Å². The molecule has 0 aliphatic carbocycles. The van der Waals surface area contributed by atoms with E-state index in [4.69, 9.17) is 0 Å². The Morgan fingerprint density at radius 1 is 1.25 bits per heavy atom. The van der Waals surface area contributed by atoms with Gasteiger partial charge in [-0.05, 0) is 36.2 Å². The second-order valence-electron chi connectivity index (χ2n) is 5.55. The Morgan fingerprint density at radius 3 is 2.50 bits per heavy atom. The number of phenols is 1. The summed E-state index contributed by atoms with van der Waals surface area (Å²) in [7, 11) is -3.56. The van der Waals surface area contributed by atoms with Gasteiger partial charge in [-0.1, -0.05) is 19.4 Å². The number of pyridine rings is 1. The number of benzene rings is 1. The van der Waals surface area contributed by atoms with Gasteiger partial charge in [0.2, 0.25) is 0 Å². The molecule has 0 saturated heterocycles. The van der Waals surface area contributed by atoms with E-state index in [1.54, 1.807) is 18.2 Å². The lowest BCUT2D eigenvalue weighted by atomic mass is 10.0. The molecule has 0 spiro atoms. The number of sulfone groups is 1. The number of carbonyl (C=O) groups is 1. The largest absolute Gasteiger partial charge is 0.507 e. The third kappa shape index (κ3) is 4.32. The van der Waals surface area contributed by atoms with Crippen LogP contribution < -0.4 is 5.32 Å². The number of aromatic hydroxyl groups is 1. The second-order valence-corrected chi connectivity index (χ2v) is 7.53. The van der Waals surface area contributed by atoms with Gasteiger partial charge in [0.25, 0.3) is 5.91 Å². The number of nitrogens with one attached hydrogen (secondary N) is 1. The molecule has 1 heterocycles. The number of hydrogen-bond donors (Lipinski definition) is 2. The van der Waals surface area contributed by atoms with Crippen molar-refractivity contribution >= 4 is 15.7 Å². The monoisotopic (exact) mass is 348 g/mol. The second kappa shape index (κ2) is 7.44. The van der Waals surface area contributed by atoms with Crippen molar-refractivity contribution in [1.82, 2.24) is 10.3 Å². The Hall–Kier alpha value is -2.41. The van der Waals surface area contributed by atoms with Crippen LogP contribution in [-0.4, -0.2) is 30.7 Å². The van der Waals surface area contributed by atoms with Crippen molar-refractivity contribution in [2.24, 2.45) is 0 Å². The van der Waals surface area contributed by atoms with E-state index in [-0.39, 0.29) is 22.6 Å². The van der Waals surface area contributed by atoms with Crippen LogP contribution in [-0.2, 0) is 9.84 Å². The van der Waals surface area contributed by atoms with Crippen molar-refractivity contribution in [1.29, 1.82) is 0 Å². The first-order chi connectivity index (χ1) is 11.3. The van der Waals surface area contributed by atoms with E-state index in [9.17, 15) is 18.3 Å². The minimum Gasteiger partial charge on any atom is -0.507 e. The van der Waals surface area contributed by atoms with Crippen molar-refractivity contribution in [3.8, 4) is 5.75 Å². The molecule has 2 aromatic rings. The van der Waals surface area contributed by atoms with Gasteiger partial charge in [-0.25, -0.2) is 8.42 Å². The normalized spacial score (nSPS) is 12.6. The van der Waals surface area contributed by atoms with Crippen LogP contribution in [0.2, 0.25) is 0 Å². The van der Waals surface area contributed by atoms with Crippen LogP contribution in [0.5, 0.6) is 5.75 Å². The standard InChI is InChI=1S/C17H20N2O4S/c1-3-4-14(19-17(21)12-7-9-18-10-8-12)13-5-6-15(20)16(11-13)24(2,22)23/h5-11,14,20H,3-4H2,1-2H3,(H,19,21)/t14-/m1/s1. The molecule has 0 radical (unpaired) electrons. The summed E-state index contributed by atoms with van der Waals surface area (Å²) >= 11 is 0. The number of nitrogens with zero attached hydrogens (tertiary/aromatic N) is 1. The number of rotatable bonds is 6. The van der Waals surface area contributed by atoms with Crippen LogP contribution in [0.25, 0.3) is 0 Å². The van der Waals surface area contributed by atoms with Gasteiger partial charge in [0, 0.05) is 24.2 Å². The number of amides is 1. The fraction of sp³-hybridized carbons (Fsp3) is 0.294. The fourth-order valence-electron chi connectivity index (χ4n) is 2.40. The molecule has 2 rings (SSSR count). The summed E-state index contributed by atoms with van der Waals surface area (Å²) in [6.07, 6.45) is 5.55. The van der Waals surface area contributed by atoms with E-state index in [1.165, 1.54) is 24.5 Å². The first-order valence-corrected chi connectivity index (χ1v) is 9.46. The van der Waals surface area contributed by atoms with Gasteiger partial charge in [-0.3, -0.25) is 9.78 Å². The van der Waals surface area contributed by atoms with Crippen LogP contribution in [0.4, 0.5) is 0 Å². The summed E-state index contributed by atoms with van der Waals surface area (Å²) < 4.78 is 23.6. The van der Waals surface area contributed by atoms with E-state index < -0.39 is 9.84 Å². The predicted octanol–water partition coefficient (Wildman–Crippen LogP) is 2.46. The molecular weight excluding hydrogens is 328 g/mol. The summed E-state index contributed by atoms with van der Waals surface area (Å²) in [5.74, 6) is -0.554. The van der Waals surface area contributed by atoms with E-state index in [1.807, 2.05) is 6.92 Å². The average Bonchev–Trinajstić information content (AvgIpc) is 2.54. The van der Waals surface area contributed by atoms with Crippen molar-refractivity contribution < 1.29 is 18.3 Å². The Bertz CT molecular complexity index is 820. The topological polar surface area (TPSA) is 96.4 Å². The smallest absolute Gasteiger partial charge is 0.251 e. The summed E-state index contributed by atoms with van der Waals surface area (Å²) in [5.41, 5.74) is 1.12. The molecule has 128 valence electrons. The highest BCUT2D eigenvalue weighted by Gasteiger charge is 2.19. The molecule has 0 fully saturated rings. The molecule has 0 bridgehead atoms. The van der Waals surface area contributed by atoms with Crippen LogP contribution in [0.1, 0.15) is 41.7 Å². The minimum atomic E-state index is -3.56. The molecule has 24 heavy (non-hydrogen) atoms. The average molecular weight is 348 g/mol. The van der Waals surface area contributed by atoms with E-state index in [2.05, 4.69) is 10.3 Å². The highest BCUT2D eigenvalue weighted by atomic mass is 32.2. The fourth-order valence-corrected chi connectivity index (χ4v) is 3.20. The van der Waals surface area contributed by atoms with Gasteiger partial charge in [0.15, 0.2) is 9.84 Å². The molecule has 1 aromatic heterocycles. The van der Waals surface area contributed by atoms with Crippen molar-refractivity contribution in [2.75, 3.05) is 6.26 Å². The van der Waals surface area contributed by atoms with E-state index in [0.29, 0.717) is 17.5 Å². The van der Waals surface area contributed by atoms with Gasteiger partial charge in [0.1, 0.15) is 10.6 Å². The molecule has 0 unspecified atom stereocenters. The maximum atomic E-state index is 12.3. The Balaban J connectivity index is 2.33. The van der Waals surface area contributed by atoms with Crippen LogP contribution in [0.15, 0.2) is 47.6 Å². The lowest BCUT2D eigenvalue weighted by Gasteiger charge is -2.19. The molecule has 0 saturated carbocycles. The van der Waals surface area contributed by atoms with Crippen molar-refractivity contribution in [2.45, 2.75) is 30.7 Å². The molecule has 0 aliphatic rings. The SMILES string of the molecule is CCC[C@@H](NC(=O)c1ccncc1)c1ccc(O)c(S(C)(=O)=O)c1. The maximum absolute atomic E-state index is 12.3. The molecule has 6 nitrogen and oxygen atoms in total. The first kappa shape index (κ1) is 17.9. The maximum Gasteiger partial charge on any atom is 0.251 e. The Kier molecular flexibility index (Phi) is 5.56. The number of aromatic nitrogens is 1. The minimum absolute atomic E-state index is 0.140. The number of hydrogen-bond acceptors (Lipinski definition) is 5. The summed E-state index contributed by atoms with van der Waals surface area (Å²) in [5, 5.41) is 12.7. The first-order valence-electron chi connectivity index (χ1n) is 7.56. The van der Waals surface area contributed by atoms with E-state index >= 15 is 0 Å². The highest BCUT2D eigenvalue weighted by molar-refractivity contribution is 7.90. The van der Waals surface area contributed by atoms with Crippen molar-refractivity contribution in [3.05, 3.63) is 53.9 Å². The van der Waals surface area contributed by atoms with Gasteiger partial charge in [-0.15, -0.1) is 0 Å². The quantitative estimate of drug-likeness (QED) is 0.836. The molecule has 7 heteroatoms. The summed E-state index contributed by atoms with van der Waals surface area (Å²) in [6, 6.07) is 7.24. The Morgan fingerprint density at radius 2 is 1.92 bits per heavy atom. The van der Waals surface area contributed by atoms with Gasteiger partial charge >= 0.3 is 0 Å². The van der Waals surface area contributed by atoms with Gasteiger partial charge in [0.05, 0.1) is 6.04 Å². The zero-order valence-corrected chi connectivity index (χ0v) is 14.4. The predicted molar refractivity (Wildman–Crippen MR) is 90.6 cm³/mol. The molecular formula is C17H20N2O4S. The van der Waals surface area contributed by atoms with Crippen LogP contribution in [0.3, 0.4) is 0 Å². The Labute approximate surface area is 141 Å². The molecule has 1 aromatic carbocycles. The number of phenolic OH excluding ortho intramolecular Hbond substituents is 1. The van der Waals surface area contributed by atoms with Crippen LogP contribution in [0, 0.1) is 0 Å². The van der Waals surface area contributed by atoms with Crippen molar-refractivity contribution in [3.63, 3.8) is 0 Å². The molecule has 2 N–H and O–H groups in total. The zero-order chi connectivity index (χ0) is 17.7. The summed E-state index contributed by atoms with van der Waals surface area (Å²) in [6.45, 7) is 1.98. The summed E-state index contributed by atoms with van der Waals surface area (Å²) in [4.78, 5) is 16.1. The third-order valence-electron chi connectivity index (χ3n) is 3.61. The highest BCUT2D eigenvalue weighted by Crippen LogP contribution is 2.28. The lowest BCUT2D eigenvalue weighted by molar-refractivity contribution is 0.0934. The lowest BCUT2D eigenvalue weighted by Crippen LogP contribution is -2.28.